The summed E-state index contributed by atoms with van der Waals surface area (Å²) in [7, 11) is 1.75. The fourth-order valence-corrected chi connectivity index (χ4v) is 1.02. The maximum atomic E-state index is 5.03. The number of ether oxygens (including phenoxy) is 1. The van der Waals surface area contributed by atoms with Crippen LogP contribution in [-0.4, -0.2) is 26.3 Å². The van der Waals surface area contributed by atoms with E-state index in [-0.39, 0.29) is 0 Å². The molecule has 0 radical (unpaired) electrons. The molecule has 0 rings (SSSR count). The van der Waals surface area contributed by atoms with Crippen LogP contribution in [0.15, 0.2) is 0 Å². The number of hydrogen-bond donors (Lipinski definition) is 1. The van der Waals surface area contributed by atoms with E-state index in [1.165, 1.54) is 0 Å². The summed E-state index contributed by atoms with van der Waals surface area (Å²) in [6, 6.07) is 0.571. The molecule has 0 aromatic heterocycles. The highest BCUT2D eigenvalue weighted by Crippen LogP contribution is 2.08. The van der Waals surface area contributed by atoms with E-state index >= 15 is 0 Å². The maximum absolute atomic E-state index is 5.03. The van der Waals surface area contributed by atoms with Gasteiger partial charge in [-0.25, -0.2) is 0 Å². The van der Waals surface area contributed by atoms with Crippen LogP contribution in [0, 0.1) is 11.8 Å². The Morgan fingerprint density at radius 3 is 2.23 bits per heavy atom. The molecule has 0 fully saturated rings. The predicted octanol–water partition coefficient (Wildman–Crippen LogP) is 2.29. The molecule has 13 heavy (non-hydrogen) atoms. The van der Waals surface area contributed by atoms with Crippen LogP contribution in [0.4, 0.5) is 0 Å². The molecule has 0 amide bonds. The minimum absolute atomic E-state index is 0.571. The van der Waals surface area contributed by atoms with Crippen molar-refractivity contribution in [1.82, 2.24) is 5.32 Å². The summed E-state index contributed by atoms with van der Waals surface area (Å²) in [5.41, 5.74) is 0. The van der Waals surface area contributed by atoms with Gasteiger partial charge < -0.3 is 10.1 Å². The zero-order valence-corrected chi connectivity index (χ0v) is 9.76. The Labute approximate surface area is 83.1 Å². The highest BCUT2D eigenvalue weighted by atomic mass is 16.5. The van der Waals surface area contributed by atoms with Crippen molar-refractivity contribution < 1.29 is 4.74 Å². The molecular weight excluding hydrogens is 162 g/mol. The van der Waals surface area contributed by atoms with Crippen molar-refractivity contribution in [3.63, 3.8) is 0 Å². The van der Waals surface area contributed by atoms with Crippen LogP contribution in [0.1, 0.15) is 34.1 Å². The molecule has 0 spiro atoms. The van der Waals surface area contributed by atoms with Crippen LogP contribution in [-0.2, 0) is 4.74 Å². The number of rotatable bonds is 7. The Hall–Kier alpha value is -0.0800. The van der Waals surface area contributed by atoms with Crippen molar-refractivity contribution in [2.24, 2.45) is 11.8 Å². The van der Waals surface area contributed by atoms with Gasteiger partial charge in [-0.2, -0.15) is 0 Å². The van der Waals surface area contributed by atoms with Crippen molar-refractivity contribution >= 4 is 0 Å². The standard InChI is InChI=1S/C11H25NO/c1-9(2)10(3)8-12-11(4)6-7-13-5/h9-12H,6-8H2,1-5H3. The predicted molar refractivity (Wildman–Crippen MR) is 58.0 cm³/mol. The third-order valence-corrected chi connectivity index (χ3v) is 2.68. The summed E-state index contributed by atoms with van der Waals surface area (Å²) in [6.45, 7) is 11.0. The average Bonchev–Trinajstić information content (AvgIpc) is 2.10. The summed E-state index contributed by atoms with van der Waals surface area (Å²) in [6.07, 6.45) is 1.10. The molecule has 0 saturated heterocycles. The Morgan fingerprint density at radius 1 is 1.15 bits per heavy atom. The van der Waals surface area contributed by atoms with E-state index in [0.717, 1.165) is 31.4 Å². The second-order valence-electron chi connectivity index (χ2n) is 4.31. The van der Waals surface area contributed by atoms with Crippen LogP contribution in [0.3, 0.4) is 0 Å². The minimum atomic E-state index is 0.571. The van der Waals surface area contributed by atoms with E-state index in [4.69, 9.17) is 4.74 Å². The van der Waals surface area contributed by atoms with Crippen LogP contribution >= 0.6 is 0 Å². The Balaban J connectivity index is 3.40. The third kappa shape index (κ3) is 7.03. The lowest BCUT2D eigenvalue weighted by Crippen LogP contribution is -2.32. The Morgan fingerprint density at radius 2 is 1.77 bits per heavy atom. The summed E-state index contributed by atoms with van der Waals surface area (Å²) in [5, 5.41) is 3.52. The molecule has 2 unspecified atom stereocenters. The fraction of sp³-hybridized carbons (Fsp3) is 1.00. The van der Waals surface area contributed by atoms with Gasteiger partial charge in [0.2, 0.25) is 0 Å². The first-order valence-corrected chi connectivity index (χ1v) is 5.30. The number of nitrogens with one attached hydrogen (secondary N) is 1. The van der Waals surface area contributed by atoms with Crippen molar-refractivity contribution in [2.45, 2.75) is 40.2 Å². The van der Waals surface area contributed by atoms with E-state index in [1.54, 1.807) is 7.11 Å². The van der Waals surface area contributed by atoms with Gasteiger partial charge in [0.05, 0.1) is 0 Å². The second kappa shape index (κ2) is 7.34. The molecular formula is C11H25NO. The molecule has 0 aliphatic carbocycles. The normalized spacial score (nSPS) is 16.2. The quantitative estimate of drug-likeness (QED) is 0.660. The van der Waals surface area contributed by atoms with Gasteiger partial charge in [0.25, 0.3) is 0 Å². The topological polar surface area (TPSA) is 21.3 Å². The molecule has 2 heteroatoms. The Bertz CT molecular complexity index is 115. The molecule has 80 valence electrons. The largest absolute Gasteiger partial charge is 0.385 e. The van der Waals surface area contributed by atoms with E-state index in [2.05, 4.69) is 33.0 Å². The van der Waals surface area contributed by atoms with Gasteiger partial charge in [-0.05, 0) is 31.7 Å². The van der Waals surface area contributed by atoms with E-state index in [9.17, 15) is 0 Å². The summed E-state index contributed by atoms with van der Waals surface area (Å²) in [4.78, 5) is 0. The number of methoxy groups -OCH3 is 1. The highest BCUT2D eigenvalue weighted by Gasteiger charge is 2.08. The zero-order chi connectivity index (χ0) is 10.3. The number of hydrogen-bond acceptors (Lipinski definition) is 2. The molecule has 2 nitrogen and oxygen atoms in total. The van der Waals surface area contributed by atoms with Gasteiger partial charge in [0.15, 0.2) is 0 Å². The summed E-state index contributed by atoms with van der Waals surface area (Å²) < 4.78 is 5.03. The molecule has 0 aromatic carbocycles. The fourth-order valence-electron chi connectivity index (χ4n) is 1.02. The first-order chi connectivity index (χ1) is 6.07. The summed E-state index contributed by atoms with van der Waals surface area (Å²) in [5.74, 6) is 1.52. The minimum Gasteiger partial charge on any atom is -0.385 e. The highest BCUT2D eigenvalue weighted by molar-refractivity contribution is 4.65. The molecule has 0 saturated carbocycles. The SMILES string of the molecule is COCCC(C)NCC(C)C(C)C. The van der Waals surface area contributed by atoms with Crippen LogP contribution in [0.2, 0.25) is 0 Å². The molecule has 0 bridgehead atoms. The molecule has 1 N–H and O–H groups in total. The molecule has 2 atom stereocenters. The van der Waals surface area contributed by atoms with E-state index in [1.807, 2.05) is 0 Å². The van der Waals surface area contributed by atoms with Crippen molar-refractivity contribution in [3.05, 3.63) is 0 Å². The second-order valence-corrected chi connectivity index (χ2v) is 4.31. The monoisotopic (exact) mass is 187 g/mol. The van der Waals surface area contributed by atoms with Gasteiger partial charge in [-0.1, -0.05) is 20.8 Å². The molecule has 0 aliphatic rings. The molecule has 0 heterocycles. The van der Waals surface area contributed by atoms with Crippen LogP contribution in [0.25, 0.3) is 0 Å². The van der Waals surface area contributed by atoms with E-state index in [0.29, 0.717) is 6.04 Å². The smallest absolute Gasteiger partial charge is 0.0476 e. The lowest BCUT2D eigenvalue weighted by Gasteiger charge is -2.19. The van der Waals surface area contributed by atoms with Gasteiger partial charge in [-0.3, -0.25) is 0 Å². The van der Waals surface area contributed by atoms with E-state index < -0.39 is 0 Å². The van der Waals surface area contributed by atoms with Crippen molar-refractivity contribution in [1.29, 1.82) is 0 Å². The van der Waals surface area contributed by atoms with Gasteiger partial charge in [-0.15, -0.1) is 0 Å². The maximum Gasteiger partial charge on any atom is 0.0476 e. The van der Waals surface area contributed by atoms with Crippen molar-refractivity contribution in [3.8, 4) is 0 Å². The lowest BCUT2D eigenvalue weighted by atomic mass is 9.98. The first-order valence-electron chi connectivity index (χ1n) is 5.30. The Kier molecular flexibility index (Phi) is 7.29. The molecule has 0 aromatic rings. The first kappa shape index (κ1) is 12.9. The van der Waals surface area contributed by atoms with Gasteiger partial charge >= 0.3 is 0 Å². The third-order valence-electron chi connectivity index (χ3n) is 2.68. The van der Waals surface area contributed by atoms with Gasteiger partial charge in [0.1, 0.15) is 0 Å². The average molecular weight is 187 g/mol. The van der Waals surface area contributed by atoms with Crippen LogP contribution < -0.4 is 5.32 Å². The zero-order valence-electron chi connectivity index (χ0n) is 9.76. The lowest BCUT2D eigenvalue weighted by molar-refractivity contribution is 0.183. The molecule has 0 aliphatic heterocycles. The van der Waals surface area contributed by atoms with Gasteiger partial charge in [0, 0.05) is 19.8 Å². The van der Waals surface area contributed by atoms with Crippen LogP contribution in [0.5, 0.6) is 0 Å². The van der Waals surface area contributed by atoms with Crippen molar-refractivity contribution in [2.75, 3.05) is 20.3 Å². The summed E-state index contributed by atoms with van der Waals surface area (Å²) >= 11 is 0.